The summed E-state index contributed by atoms with van der Waals surface area (Å²) in [6, 6.07) is 9.35. The van der Waals surface area contributed by atoms with Crippen molar-refractivity contribution in [1.82, 2.24) is 5.32 Å². The van der Waals surface area contributed by atoms with Gasteiger partial charge in [0.1, 0.15) is 0 Å². The first-order valence-corrected chi connectivity index (χ1v) is 7.05. The van der Waals surface area contributed by atoms with Gasteiger partial charge in [-0.2, -0.15) is 0 Å². The topological polar surface area (TPSA) is 32.3 Å². The predicted octanol–water partition coefficient (Wildman–Crippen LogP) is 3.16. The zero-order valence-corrected chi connectivity index (χ0v) is 11.7. The molecule has 0 radical (unpaired) electrons. The summed E-state index contributed by atoms with van der Waals surface area (Å²) in [5.41, 5.74) is 3.15. The molecular formula is C16H25NO. The molecule has 2 nitrogen and oxygen atoms in total. The highest BCUT2D eigenvalue weighted by Gasteiger charge is 2.32. The molecule has 0 aliphatic heterocycles. The van der Waals surface area contributed by atoms with Crippen molar-refractivity contribution < 1.29 is 5.11 Å². The molecule has 0 saturated carbocycles. The van der Waals surface area contributed by atoms with E-state index in [1.165, 1.54) is 17.5 Å². The predicted molar refractivity (Wildman–Crippen MR) is 75.7 cm³/mol. The Morgan fingerprint density at radius 3 is 2.78 bits per heavy atom. The van der Waals surface area contributed by atoms with E-state index in [2.05, 4.69) is 50.4 Å². The van der Waals surface area contributed by atoms with Crippen LogP contribution in [0, 0.1) is 0 Å². The lowest BCUT2D eigenvalue weighted by Gasteiger charge is -2.38. The molecule has 0 saturated heterocycles. The van der Waals surface area contributed by atoms with E-state index >= 15 is 0 Å². The van der Waals surface area contributed by atoms with Gasteiger partial charge >= 0.3 is 0 Å². The van der Waals surface area contributed by atoms with Crippen molar-refractivity contribution in [2.45, 2.75) is 57.5 Å². The molecule has 0 amide bonds. The smallest absolute Gasteiger partial charge is 0.0584 e. The van der Waals surface area contributed by atoms with Gasteiger partial charge in [-0.1, -0.05) is 45.0 Å². The third-order valence-corrected chi connectivity index (χ3v) is 4.27. The molecule has 2 N–H and O–H groups in total. The number of benzene rings is 1. The number of hydrogen-bond donors (Lipinski definition) is 2. The Hall–Kier alpha value is -0.860. The zero-order valence-electron chi connectivity index (χ0n) is 11.7. The maximum Gasteiger partial charge on any atom is 0.0584 e. The normalized spacial score (nSPS) is 23.4. The van der Waals surface area contributed by atoms with Gasteiger partial charge in [-0.25, -0.2) is 0 Å². The summed E-state index contributed by atoms with van der Waals surface area (Å²) in [7, 11) is 0. The van der Waals surface area contributed by atoms with Crippen molar-refractivity contribution in [3.63, 3.8) is 0 Å². The number of aliphatic hydroxyl groups excluding tert-OH is 1. The first kappa shape index (κ1) is 13.6. The molecule has 0 bridgehead atoms. The van der Waals surface area contributed by atoms with Crippen molar-refractivity contribution in [2.24, 2.45) is 0 Å². The van der Waals surface area contributed by atoms with Gasteiger partial charge in [-0.15, -0.1) is 0 Å². The van der Waals surface area contributed by atoms with Gasteiger partial charge in [-0.3, -0.25) is 0 Å². The fraction of sp³-hybridized carbons (Fsp3) is 0.625. The molecular weight excluding hydrogens is 222 g/mol. The van der Waals surface area contributed by atoms with Crippen molar-refractivity contribution in [1.29, 1.82) is 0 Å². The molecule has 1 aromatic rings. The molecule has 0 heterocycles. The Morgan fingerprint density at radius 2 is 2.11 bits per heavy atom. The summed E-state index contributed by atoms with van der Waals surface area (Å²) in [6.07, 6.45) is 3.32. The number of aliphatic hydroxyl groups is 1. The van der Waals surface area contributed by atoms with Gasteiger partial charge in [0.2, 0.25) is 0 Å². The van der Waals surface area contributed by atoms with Gasteiger partial charge in [0.15, 0.2) is 0 Å². The Balaban J connectivity index is 2.25. The molecule has 1 aliphatic carbocycles. The quantitative estimate of drug-likeness (QED) is 0.856. The van der Waals surface area contributed by atoms with Crippen LogP contribution in [0.15, 0.2) is 24.3 Å². The zero-order chi connectivity index (χ0) is 13.2. The molecule has 1 aliphatic rings. The van der Waals surface area contributed by atoms with E-state index < -0.39 is 0 Å². The maximum atomic E-state index is 9.34. The molecule has 2 rings (SSSR count). The molecule has 2 heteroatoms. The minimum Gasteiger partial charge on any atom is -0.395 e. The van der Waals surface area contributed by atoms with Crippen LogP contribution in [0.2, 0.25) is 0 Å². The van der Waals surface area contributed by atoms with E-state index in [0.29, 0.717) is 6.04 Å². The average molecular weight is 247 g/mol. The van der Waals surface area contributed by atoms with Crippen LogP contribution in [0.3, 0.4) is 0 Å². The molecule has 0 aromatic heterocycles. The Labute approximate surface area is 110 Å². The lowest BCUT2D eigenvalue weighted by Crippen LogP contribution is -2.39. The Morgan fingerprint density at radius 1 is 1.39 bits per heavy atom. The summed E-state index contributed by atoms with van der Waals surface area (Å²) in [5, 5.41) is 12.9. The van der Waals surface area contributed by atoms with Crippen LogP contribution >= 0.6 is 0 Å². The Bertz CT molecular complexity index is 396. The fourth-order valence-electron chi connectivity index (χ4n) is 2.97. The second-order valence-corrected chi connectivity index (χ2v) is 6.02. The number of nitrogens with one attached hydrogen (secondary N) is 1. The highest BCUT2D eigenvalue weighted by atomic mass is 16.3. The molecule has 0 fully saturated rings. The van der Waals surface area contributed by atoms with Crippen LogP contribution in [0.4, 0.5) is 0 Å². The van der Waals surface area contributed by atoms with Crippen molar-refractivity contribution >= 4 is 0 Å². The van der Waals surface area contributed by atoms with Gasteiger partial charge < -0.3 is 10.4 Å². The fourth-order valence-corrected chi connectivity index (χ4v) is 2.97. The third-order valence-electron chi connectivity index (χ3n) is 4.27. The summed E-state index contributed by atoms with van der Waals surface area (Å²) < 4.78 is 0. The van der Waals surface area contributed by atoms with E-state index in [1.54, 1.807) is 0 Å². The van der Waals surface area contributed by atoms with E-state index in [9.17, 15) is 5.11 Å². The summed E-state index contributed by atoms with van der Waals surface area (Å²) in [5.74, 6) is 0. The van der Waals surface area contributed by atoms with Crippen LogP contribution in [0.1, 0.15) is 57.2 Å². The molecule has 100 valence electrons. The molecule has 1 unspecified atom stereocenters. The van der Waals surface area contributed by atoms with Crippen LogP contribution in [-0.2, 0) is 5.41 Å². The first-order valence-electron chi connectivity index (χ1n) is 7.05. The van der Waals surface area contributed by atoms with Crippen LogP contribution in [0.5, 0.6) is 0 Å². The van der Waals surface area contributed by atoms with E-state index in [0.717, 1.165) is 12.8 Å². The van der Waals surface area contributed by atoms with Crippen molar-refractivity contribution in [3.8, 4) is 0 Å². The maximum absolute atomic E-state index is 9.34. The van der Waals surface area contributed by atoms with E-state index in [-0.39, 0.29) is 18.1 Å². The molecule has 18 heavy (non-hydrogen) atoms. The largest absolute Gasteiger partial charge is 0.395 e. The summed E-state index contributed by atoms with van der Waals surface area (Å²) in [6.45, 7) is 6.99. The average Bonchev–Trinajstić information content (AvgIpc) is 2.38. The van der Waals surface area contributed by atoms with Gasteiger partial charge in [0.05, 0.1) is 6.61 Å². The summed E-state index contributed by atoms with van der Waals surface area (Å²) in [4.78, 5) is 0. The Kier molecular flexibility index (Phi) is 4.08. The number of fused-ring (bicyclic) bond motifs is 1. The SMILES string of the molecule is CC[C@@H](CO)NC1CCC(C)(C)c2ccccc21. The van der Waals surface area contributed by atoms with E-state index in [4.69, 9.17) is 0 Å². The van der Waals surface area contributed by atoms with Gasteiger partial charge in [0, 0.05) is 12.1 Å². The molecule has 0 spiro atoms. The lowest BCUT2D eigenvalue weighted by molar-refractivity contribution is 0.218. The minimum absolute atomic E-state index is 0.212. The monoisotopic (exact) mass is 247 g/mol. The highest BCUT2D eigenvalue weighted by Crippen LogP contribution is 2.41. The summed E-state index contributed by atoms with van der Waals surface area (Å²) >= 11 is 0. The number of hydrogen-bond acceptors (Lipinski definition) is 2. The van der Waals surface area contributed by atoms with Gasteiger partial charge in [0.25, 0.3) is 0 Å². The number of rotatable bonds is 4. The highest BCUT2D eigenvalue weighted by molar-refractivity contribution is 5.38. The van der Waals surface area contributed by atoms with Crippen LogP contribution in [0.25, 0.3) is 0 Å². The van der Waals surface area contributed by atoms with Crippen LogP contribution < -0.4 is 5.32 Å². The second kappa shape index (κ2) is 5.41. The molecule has 2 atom stereocenters. The first-order chi connectivity index (χ1) is 8.58. The van der Waals surface area contributed by atoms with E-state index in [1.807, 2.05) is 0 Å². The lowest BCUT2D eigenvalue weighted by atomic mass is 9.71. The molecule has 1 aromatic carbocycles. The standard InChI is InChI=1S/C16H25NO/c1-4-12(11-18)17-15-9-10-16(2,3)14-8-6-5-7-13(14)15/h5-8,12,15,17-18H,4,9-11H2,1-3H3/t12-,15?/m0/s1. The van der Waals surface area contributed by atoms with Crippen molar-refractivity contribution in [3.05, 3.63) is 35.4 Å². The minimum atomic E-state index is 0.212. The van der Waals surface area contributed by atoms with Crippen LogP contribution in [-0.4, -0.2) is 17.8 Å². The second-order valence-electron chi connectivity index (χ2n) is 6.02. The van der Waals surface area contributed by atoms with Gasteiger partial charge in [-0.05, 0) is 35.8 Å². The third kappa shape index (κ3) is 2.60. The van der Waals surface area contributed by atoms with Crippen molar-refractivity contribution in [2.75, 3.05) is 6.61 Å².